The Bertz CT molecular complexity index is 409. The molecule has 2 rings (SSSR count). The highest BCUT2D eigenvalue weighted by Gasteiger charge is 2.18. The topological polar surface area (TPSA) is 29.9 Å². The second-order valence-corrected chi connectivity index (χ2v) is 5.04. The minimum Gasteiger partial charge on any atom is -0.307 e. The molecule has 1 N–H and O–H groups in total. The van der Waals surface area contributed by atoms with Crippen molar-refractivity contribution in [2.75, 3.05) is 7.05 Å². The molecule has 0 aromatic carbocycles. The van der Waals surface area contributed by atoms with Crippen LogP contribution < -0.4 is 5.32 Å². The van der Waals surface area contributed by atoms with Gasteiger partial charge in [0.1, 0.15) is 0 Å². The van der Waals surface area contributed by atoms with Crippen molar-refractivity contribution in [2.24, 2.45) is 7.05 Å². The van der Waals surface area contributed by atoms with E-state index in [0.29, 0.717) is 0 Å². The molecule has 0 aliphatic heterocycles. The van der Waals surface area contributed by atoms with Gasteiger partial charge in [-0.2, -0.15) is 5.10 Å². The number of nitrogens with one attached hydrogen (secondary N) is 1. The summed E-state index contributed by atoms with van der Waals surface area (Å²) in [6.45, 7) is 0. The van der Waals surface area contributed by atoms with E-state index in [1.165, 1.54) is 10.6 Å². The van der Waals surface area contributed by atoms with Crippen LogP contribution in [0.25, 0.3) is 0 Å². The minimum atomic E-state index is 0.201. The highest BCUT2D eigenvalue weighted by molar-refractivity contribution is 9.10. The fourth-order valence-corrected chi connectivity index (χ4v) is 3.31. The van der Waals surface area contributed by atoms with Crippen molar-refractivity contribution in [1.29, 1.82) is 0 Å². The molecule has 0 amide bonds. The van der Waals surface area contributed by atoms with Crippen LogP contribution in [-0.2, 0) is 7.05 Å². The Morgan fingerprint density at radius 2 is 2.33 bits per heavy atom. The van der Waals surface area contributed by atoms with E-state index in [1.807, 2.05) is 31.0 Å². The molecule has 0 saturated heterocycles. The predicted molar refractivity (Wildman–Crippen MR) is 66.1 cm³/mol. The average Bonchev–Trinajstić information content (AvgIpc) is 2.80. The largest absolute Gasteiger partial charge is 0.307 e. The van der Waals surface area contributed by atoms with E-state index < -0.39 is 0 Å². The molecule has 5 heteroatoms. The molecule has 0 bridgehead atoms. The first-order valence-corrected chi connectivity index (χ1v) is 6.29. The minimum absolute atomic E-state index is 0.201. The van der Waals surface area contributed by atoms with Crippen molar-refractivity contribution in [3.05, 3.63) is 38.8 Å². The van der Waals surface area contributed by atoms with Crippen LogP contribution in [0, 0.1) is 0 Å². The van der Waals surface area contributed by atoms with Gasteiger partial charge in [0.2, 0.25) is 0 Å². The number of rotatable bonds is 3. The van der Waals surface area contributed by atoms with Gasteiger partial charge in [0.05, 0.1) is 11.7 Å². The molecule has 0 aliphatic rings. The molecule has 15 heavy (non-hydrogen) atoms. The molecule has 80 valence electrons. The first kappa shape index (κ1) is 10.9. The van der Waals surface area contributed by atoms with Crippen molar-refractivity contribution in [2.45, 2.75) is 6.04 Å². The van der Waals surface area contributed by atoms with Gasteiger partial charge in [-0.25, -0.2) is 0 Å². The van der Waals surface area contributed by atoms with E-state index in [1.54, 1.807) is 11.3 Å². The number of thiophene rings is 1. The van der Waals surface area contributed by atoms with Gasteiger partial charge >= 0.3 is 0 Å². The second kappa shape index (κ2) is 4.47. The van der Waals surface area contributed by atoms with Crippen LogP contribution in [0.5, 0.6) is 0 Å². The molecule has 1 unspecified atom stereocenters. The summed E-state index contributed by atoms with van der Waals surface area (Å²) in [5, 5.41) is 9.58. The van der Waals surface area contributed by atoms with Crippen LogP contribution >= 0.6 is 27.3 Å². The van der Waals surface area contributed by atoms with Gasteiger partial charge in [-0.1, -0.05) is 0 Å². The Kier molecular flexibility index (Phi) is 3.23. The van der Waals surface area contributed by atoms with Gasteiger partial charge in [0.15, 0.2) is 0 Å². The summed E-state index contributed by atoms with van der Waals surface area (Å²) in [5.41, 5.74) is 1.17. The molecule has 2 heterocycles. The Balaban J connectivity index is 2.41. The fraction of sp³-hybridized carbons (Fsp3) is 0.300. The first-order valence-electron chi connectivity index (χ1n) is 4.62. The summed E-state index contributed by atoms with van der Waals surface area (Å²) in [6.07, 6.45) is 1.82. The van der Waals surface area contributed by atoms with Crippen LogP contribution in [0.3, 0.4) is 0 Å². The smallest absolute Gasteiger partial charge is 0.0850 e. The van der Waals surface area contributed by atoms with Crippen LogP contribution in [0.4, 0.5) is 0 Å². The summed E-state index contributed by atoms with van der Waals surface area (Å²) in [7, 11) is 3.92. The highest BCUT2D eigenvalue weighted by Crippen LogP contribution is 2.32. The number of halogens is 1. The standard InChI is InChI=1S/C10H12BrN3S/c1-12-9(8-3-5-13-14(8)2)10-7(11)4-6-15-10/h3-6,9,12H,1-2H3. The number of hydrogen-bond donors (Lipinski definition) is 1. The Morgan fingerprint density at radius 1 is 1.53 bits per heavy atom. The number of nitrogens with zero attached hydrogens (tertiary/aromatic N) is 2. The molecule has 0 spiro atoms. The lowest BCUT2D eigenvalue weighted by Crippen LogP contribution is -2.19. The average molecular weight is 286 g/mol. The molecular formula is C10H12BrN3S. The maximum Gasteiger partial charge on any atom is 0.0850 e. The normalized spacial score (nSPS) is 13.0. The van der Waals surface area contributed by atoms with Gasteiger partial charge in [0.25, 0.3) is 0 Å². The number of hydrogen-bond acceptors (Lipinski definition) is 3. The molecule has 2 aromatic rings. The van der Waals surface area contributed by atoms with Crippen LogP contribution in [0.2, 0.25) is 0 Å². The van der Waals surface area contributed by atoms with Gasteiger partial charge in [0, 0.05) is 22.6 Å². The molecular weight excluding hydrogens is 274 g/mol. The summed E-state index contributed by atoms with van der Waals surface area (Å²) in [6, 6.07) is 4.31. The van der Waals surface area contributed by atoms with Crippen molar-refractivity contribution >= 4 is 27.3 Å². The van der Waals surface area contributed by atoms with Crippen LogP contribution in [0.15, 0.2) is 28.2 Å². The monoisotopic (exact) mass is 285 g/mol. The van der Waals surface area contributed by atoms with Crippen molar-refractivity contribution in [3.8, 4) is 0 Å². The van der Waals surface area contributed by atoms with E-state index in [4.69, 9.17) is 0 Å². The Morgan fingerprint density at radius 3 is 2.80 bits per heavy atom. The van der Waals surface area contributed by atoms with E-state index in [2.05, 4.69) is 37.8 Å². The third-order valence-electron chi connectivity index (χ3n) is 2.35. The maximum atomic E-state index is 4.19. The summed E-state index contributed by atoms with van der Waals surface area (Å²) >= 11 is 5.30. The SMILES string of the molecule is CNC(c1sccc1Br)c1ccnn1C. The molecule has 0 fully saturated rings. The fourth-order valence-electron chi connectivity index (χ4n) is 1.59. The Labute approximate surface area is 101 Å². The second-order valence-electron chi connectivity index (χ2n) is 3.23. The zero-order valence-corrected chi connectivity index (χ0v) is 11.0. The van der Waals surface area contributed by atoms with Crippen LogP contribution in [-0.4, -0.2) is 16.8 Å². The van der Waals surface area contributed by atoms with E-state index in [9.17, 15) is 0 Å². The van der Waals surface area contributed by atoms with Gasteiger partial charge < -0.3 is 5.32 Å². The van der Waals surface area contributed by atoms with Crippen molar-refractivity contribution in [1.82, 2.24) is 15.1 Å². The lowest BCUT2D eigenvalue weighted by atomic mass is 10.2. The van der Waals surface area contributed by atoms with E-state index in [-0.39, 0.29) is 6.04 Å². The first-order chi connectivity index (χ1) is 7.24. The lowest BCUT2D eigenvalue weighted by molar-refractivity contribution is 0.611. The molecule has 2 aromatic heterocycles. The van der Waals surface area contributed by atoms with Gasteiger partial charge in [-0.05, 0) is 40.5 Å². The molecule has 1 atom stereocenters. The molecule has 3 nitrogen and oxygen atoms in total. The quantitative estimate of drug-likeness (QED) is 0.939. The molecule has 0 radical (unpaired) electrons. The van der Waals surface area contributed by atoms with Gasteiger partial charge in [-0.15, -0.1) is 11.3 Å². The third kappa shape index (κ3) is 2.00. The van der Waals surface area contributed by atoms with E-state index >= 15 is 0 Å². The zero-order chi connectivity index (χ0) is 10.8. The number of aromatic nitrogens is 2. The van der Waals surface area contributed by atoms with E-state index in [0.717, 1.165) is 4.47 Å². The molecule has 0 aliphatic carbocycles. The van der Waals surface area contributed by atoms with Gasteiger partial charge in [-0.3, -0.25) is 4.68 Å². The van der Waals surface area contributed by atoms with Crippen molar-refractivity contribution in [3.63, 3.8) is 0 Å². The number of aryl methyl sites for hydroxylation is 1. The highest BCUT2D eigenvalue weighted by atomic mass is 79.9. The van der Waals surface area contributed by atoms with Crippen LogP contribution in [0.1, 0.15) is 16.6 Å². The third-order valence-corrected chi connectivity index (χ3v) is 4.29. The summed E-state index contributed by atoms with van der Waals surface area (Å²) in [4.78, 5) is 1.28. The maximum absolute atomic E-state index is 4.19. The predicted octanol–water partition coefficient (Wildman–Crippen LogP) is 2.55. The summed E-state index contributed by atoms with van der Waals surface area (Å²) in [5.74, 6) is 0. The molecule has 0 saturated carbocycles. The zero-order valence-electron chi connectivity index (χ0n) is 8.57. The van der Waals surface area contributed by atoms with Crippen molar-refractivity contribution < 1.29 is 0 Å². The Hall–Kier alpha value is -0.650. The summed E-state index contributed by atoms with van der Waals surface area (Å²) < 4.78 is 3.04. The lowest BCUT2D eigenvalue weighted by Gasteiger charge is -2.15.